The van der Waals surface area contributed by atoms with E-state index in [0.717, 1.165) is 11.3 Å². The van der Waals surface area contributed by atoms with Crippen molar-refractivity contribution in [2.75, 3.05) is 16.3 Å². The van der Waals surface area contributed by atoms with E-state index in [4.69, 9.17) is 11.6 Å². The van der Waals surface area contributed by atoms with Crippen LogP contribution in [0.15, 0.2) is 84.6 Å². The summed E-state index contributed by atoms with van der Waals surface area (Å²) in [4.78, 5) is 30.6. The molecule has 4 nitrogen and oxygen atoms in total. The van der Waals surface area contributed by atoms with Crippen LogP contribution >= 0.6 is 11.6 Å². The van der Waals surface area contributed by atoms with E-state index in [1.54, 1.807) is 24.3 Å². The lowest BCUT2D eigenvalue weighted by Crippen LogP contribution is -2.35. The van der Waals surface area contributed by atoms with Crippen molar-refractivity contribution in [3.05, 3.63) is 101 Å². The predicted molar refractivity (Wildman–Crippen MR) is 131 cm³/mol. The Kier molecular flexibility index (Phi) is 6.15. The Morgan fingerprint density at radius 1 is 0.844 bits per heavy atom. The highest BCUT2D eigenvalue weighted by Gasteiger charge is 2.42. The Bertz CT molecular complexity index is 1170. The molecule has 0 aliphatic carbocycles. The Morgan fingerprint density at radius 3 is 2.03 bits per heavy atom. The van der Waals surface area contributed by atoms with Crippen LogP contribution in [0.5, 0.6) is 0 Å². The molecule has 0 bridgehead atoms. The molecule has 0 unspecified atom stereocenters. The molecule has 4 rings (SSSR count). The van der Waals surface area contributed by atoms with Gasteiger partial charge in [0.25, 0.3) is 11.8 Å². The lowest BCUT2D eigenvalue weighted by atomic mass is 10.0. The van der Waals surface area contributed by atoms with E-state index in [1.807, 2.05) is 66.4 Å². The average Bonchev–Trinajstić information content (AvgIpc) is 3.06. The smallest absolute Gasteiger partial charge is 0.282 e. The molecule has 0 spiro atoms. The zero-order valence-corrected chi connectivity index (χ0v) is 19.1. The number of carbonyl (C=O) groups is 2. The molecule has 0 saturated heterocycles. The van der Waals surface area contributed by atoms with Gasteiger partial charge in [-0.2, -0.15) is 0 Å². The second kappa shape index (κ2) is 9.01. The van der Waals surface area contributed by atoms with E-state index < -0.39 is 0 Å². The topological polar surface area (TPSA) is 40.6 Å². The fourth-order valence-corrected chi connectivity index (χ4v) is 4.09. The summed E-state index contributed by atoms with van der Waals surface area (Å²) in [5, 5.41) is 0.573. The fourth-order valence-electron chi connectivity index (χ4n) is 3.97. The molecule has 3 aromatic carbocycles. The maximum Gasteiger partial charge on any atom is 0.282 e. The lowest BCUT2D eigenvalue weighted by molar-refractivity contribution is -0.120. The van der Waals surface area contributed by atoms with E-state index in [1.165, 1.54) is 4.90 Å². The van der Waals surface area contributed by atoms with Crippen molar-refractivity contribution in [2.24, 2.45) is 0 Å². The quantitative estimate of drug-likeness (QED) is 0.420. The van der Waals surface area contributed by atoms with Crippen LogP contribution < -0.4 is 9.80 Å². The Balaban J connectivity index is 1.86. The third-order valence-corrected chi connectivity index (χ3v) is 5.92. The van der Waals surface area contributed by atoms with Gasteiger partial charge in [0.2, 0.25) is 0 Å². The number of hydrogen-bond donors (Lipinski definition) is 0. The number of hydrogen-bond acceptors (Lipinski definition) is 3. The van der Waals surface area contributed by atoms with Gasteiger partial charge in [0, 0.05) is 17.3 Å². The fraction of sp³-hybridized carbons (Fsp3) is 0.185. The summed E-state index contributed by atoms with van der Waals surface area (Å²) in [7, 11) is 0. The summed E-state index contributed by atoms with van der Waals surface area (Å²) in [6.07, 6.45) is 0. The molecule has 1 aliphatic heterocycles. The average molecular weight is 445 g/mol. The van der Waals surface area contributed by atoms with Crippen molar-refractivity contribution in [1.82, 2.24) is 0 Å². The molecule has 0 fully saturated rings. The lowest BCUT2D eigenvalue weighted by Gasteiger charge is -2.25. The van der Waals surface area contributed by atoms with Gasteiger partial charge in [-0.3, -0.25) is 9.59 Å². The van der Waals surface area contributed by atoms with Gasteiger partial charge in [0.1, 0.15) is 5.70 Å². The van der Waals surface area contributed by atoms with Gasteiger partial charge >= 0.3 is 0 Å². The second-order valence-corrected chi connectivity index (χ2v) is 8.44. The Morgan fingerprint density at radius 2 is 1.47 bits per heavy atom. The normalized spacial score (nSPS) is 14.0. The Hall–Kier alpha value is -3.37. The van der Waals surface area contributed by atoms with Gasteiger partial charge in [-0.25, -0.2) is 4.90 Å². The highest BCUT2D eigenvalue weighted by Crippen LogP contribution is 2.37. The van der Waals surface area contributed by atoms with Crippen LogP contribution in [0.2, 0.25) is 5.02 Å². The maximum atomic E-state index is 13.7. The van der Waals surface area contributed by atoms with Gasteiger partial charge in [0.05, 0.1) is 11.3 Å². The van der Waals surface area contributed by atoms with E-state index in [-0.39, 0.29) is 11.8 Å². The Labute approximate surface area is 193 Å². The minimum Gasteiger partial charge on any atom is -0.337 e. The molecule has 0 atom stereocenters. The first-order valence-corrected chi connectivity index (χ1v) is 11.1. The molecule has 0 saturated carbocycles. The number of benzene rings is 3. The molecule has 1 heterocycles. The van der Waals surface area contributed by atoms with Crippen molar-refractivity contribution in [1.29, 1.82) is 0 Å². The predicted octanol–water partition coefficient (Wildman–Crippen LogP) is 6.27. The molecule has 1 aliphatic rings. The third kappa shape index (κ3) is 3.94. The third-order valence-electron chi connectivity index (χ3n) is 5.66. The van der Waals surface area contributed by atoms with Crippen molar-refractivity contribution in [3.63, 3.8) is 0 Å². The number of carbonyl (C=O) groups excluding carboxylic acids is 2. The standard InChI is InChI=1S/C27H25ClN2O2/c1-4-29(22-8-6-5-7-9-22)25-24(20-10-14-21(28)15-11-20)26(31)30(27(25)32)23-16-12-19(13-17-23)18(2)3/h5-18H,4H2,1-3H3. The second-order valence-electron chi connectivity index (χ2n) is 8.00. The van der Waals surface area contributed by atoms with Crippen molar-refractivity contribution in [2.45, 2.75) is 26.7 Å². The van der Waals surface area contributed by atoms with Crippen molar-refractivity contribution >= 4 is 40.4 Å². The summed E-state index contributed by atoms with van der Waals surface area (Å²) in [5.74, 6) is -0.303. The first-order chi connectivity index (χ1) is 15.4. The van der Waals surface area contributed by atoms with E-state index in [2.05, 4.69) is 13.8 Å². The molecule has 162 valence electrons. The van der Waals surface area contributed by atoms with Crippen LogP contribution in [0.1, 0.15) is 37.8 Å². The molecule has 32 heavy (non-hydrogen) atoms. The van der Waals surface area contributed by atoms with E-state index in [9.17, 15) is 9.59 Å². The molecule has 0 radical (unpaired) electrons. The van der Waals surface area contributed by atoms with Gasteiger partial charge in [-0.05, 0) is 60.4 Å². The largest absolute Gasteiger partial charge is 0.337 e. The summed E-state index contributed by atoms with van der Waals surface area (Å²) >= 11 is 6.08. The number of imide groups is 1. The molecule has 2 amide bonds. The van der Waals surface area contributed by atoms with Gasteiger partial charge < -0.3 is 4.90 Å². The van der Waals surface area contributed by atoms with Crippen LogP contribution in [0, 0.1) is 0 Å². The summed E-state index contributed by atoms with van der Waals surface area (Å²) in [6, 6.07) is 24.3. The molecular formula is C27H25ClN2O2. The van der Waals surface area contributed by atoms with Gasteiger partial charge in [-0.1, -0.05) is 67.9 Å². The molecule has 0 N–H and O–H groups in total. The zero-order chi connectivity index (χ0) is 22.8. The number of para-hydroxylation sites is 1. The summed E-state index contributed by atoms with van der Waals surface area (Å²) in [5.41, 5.74) is 3.99. The SMILES string of the molecule is CCN(C1=C(c2ccc(Cl)cc2)C(=O)N(c2ccc(C(C)C)cc2)C1=O)c1ccccc1. The minimum atomic E-state index is -0.334. The highest BCUT2D eigenvalue weighted by atomic mass is 35.5. The maximum absolute atomic E-state index is 13.7. The first-order valence-electron chi connectivity index (χ1n) is 10.7. The van der Waals surface area contributed by atoms with Crippen LogP contribution in [0.25, 0.3) is 5.57 Å². The number of nitrogens with zero attached hydrogens (tertiary/aromatic N) is 2. The van der Waals surface area contributed by atoms with Gasteiger partial charge in [0.15, 0.2) is 0 Å². The summed E-state index contributed by atoms with van der Waals surface area (Å²) in [6.45, 7) is 6.73. The number of anilines is 2. The monoisotopic (exact) mass is 444 g/mol. The number of halogens is 1. The van der Waals surface area contributed by atoms with Crippen molar-refractivity contribution < 1.29 is 9.59 Å². The zero-order valence-electron chi connectivity index (χ0n) is 18.4. The molecular weight excluding hydrogens is 420 g/mol. The molecule has 0 aromatic heterocycles. The summed E-state index contributed by atoms with van der Waals surface area (Å²) < 4.78 is 0. The van der Waals surface area contributed by atoms with Gasteiger partial charge in [-0.15, -0.1) is 0 Å². The van der Waals surface area contributed by atoms with E-state index >= 15 is 0 Å². The first kappa shape index (κ1) is 21.8. The van der Waals surface area contributed by atoms with Crippen LogP contribution in [-0.4, -0.2) is 18.4 Å². The number of likely N-dealkylation sites (N-methyl/N-ethyl adjacent to an activating group) is 1. The van der Waals surface area contributed by atoms with Crippen LogP contribution in [0.4, 0.5) is 11.4 Å². The minimum absolute atomic E-state index is 0.331. The number of amides is 2. The van der Waals surface area contributed by atoms with E-state index in [0.29, 0.717) is 40.0 Å². The molecule has 3 aromatic rings. The number of rotatable bonds is 6. The highest BCUT2D eigenvalue weighted by molar-refractivity contribution is 6.46. The van der Waals surface area contributed by atoms with Crippen molar-refractivity contribution in [3.8, 4) is 0 Å². The van der Waals surface area contributed by atoms with Crippen LogP contribution in [-0.2, 0) is 9.59 Å². The molecule has 5 heteroatoms. The van der Waals surface area contributed by atoms with Crippen LogP contribution in [0.3, 0.4) is 0 Å².